The highest BCUT2D eigenvalue weighted by Gasteiger charge is 2.35. The molecule has 40 heavy (non-hydrogen) atoms. The van der Waals surface area contributed by atoms with E-state index in [4.69, 9.17) is 0 Å². The monoisotopic (exact) mass is 536 g/mol. The number of nitro benzene ring substituents is 2. The smallest absolute Gasteiger partial charge is 0.301 e. The summed E-state index contributed by atoms with van der Waals surface area (Å²) in [5, 5.41) is 30.3. The van der Waals surface area contributed by atoms with E-state index in [2.05, 4.69) is 15.8 Å². The Morgan fingerprint density at radius 2 is 1.38 bits per heavy atom. The van der Waals surface area contributed by atoms with Crippen LogP contribution < -0.4 is 10.7 Å². The number of carbonyl (C=O) groups excluding carboxylic acids is 2. The number of hydrogen-bond acceptors (Lipinski definition) is 9. The quantitative estimate of drug-likeness (QED) is 0.130. The summed E-state index contributed by atoms with van der Waals surface area (Å²) in [7, 11) is 0. The average Bonchev–Trinajstić information content (AvgIpc) is 3.22. The van der Waals surface area contributed by atoms with Crippen molar-refractivity contribution in [2.24, 2.45) is 5.10 Å². The van der Waals surface area contributed by atoms with E-state index in [0.29, 0.717) is 33.7 Å². The molecule has 198 valence electrons. The molecule has 2 amide bonds. The van der Waals surface area contributed by atoms with Gasteiger partial charge in [0.15, 0.2) is 0 Å². The van der Waals surface area contributed by atoms with Crippen LogP contribution >= 0.6 is 0 Å². The molecule has 0 unspecified atom stereocenters. The zero-order valence-electron chi connectivity index (χ0n) is 20.7. The highest BCUT2D eigenvalue weighted by molar-refractivity contribution is 6.21. The number of hydrogen-bond donors (Lipinski definition) is 2. The molecule has 4 aromatic rings. The van der Waals surface area contributed by atoms with Crippen molar-refractivity contribution < 1.29 is 19.4 Å². The molecule has 1 heterocycles. The molecule has 0 saturated carbocycles. The summed E-state index contributed by atoms with van der Waals surface area (Å²) < 4.78 is 0. The van der Waals surface area contributed by atoms with E-state index < -0.39 is 33.0 Å². The first-order valence-electron chi connectivity index (χ1n) is 12.0. The largest absolute Gasteiger partial charge is 0.367 e. The fourth-order valence-electron chi connectivity index (χ4n) is 4.26. The number of amides is 2. The normalized spacial score (nSPS) is 12.7. The minimum Gasteiger partial charge on any atom is -0.367 e. The van der Waals surface area contributed by atoms with E-state index >= 15 is 0 Å². The van der Waals surface area contributed by atoms with E-state index in [0.717, 1.165) is 17.0 Å². The Bertz CT molecular complexity index is 1650. The number of nitrogens with one attached hydrogen (secondary N) is 2. The number of nitro groups is 2. The number of non-ortho nitro benzene ring substituents is 1. The highest BCUT2D eigenvalue weighted by Crippen LogP contribution is 2.30. The molecule has 0 spiro atoms. The van der Waals surface area contributed by atoms with Crippen LogP contribution in [0.5, 0.6) is 0 Å². The number of carbonyl (C=O) groups is 2. The number of rotatable bonds is 9. The second-order valence-corrected chi connectivity index (χ2v) is 8.62. The van der Waals surface area contributed by atoms with Gasteiger partial charge in [0, 0.05) is 22.9 Å². The molecule has 12 heteroatoms. The molecule has 0 aliphatic carbocycles. The van der Waals surface area contributed by atoms with Gasteiger partial charge in [-0.1, -0.05) is 60.7 Å². The topological polar surface area (TPSA) is 160 Å². The lowest BCUT2D eigenvalue weighted by Gasteiger charge is -2.19. The number of nitrogens with zero attached hydrogens (tertiary/aromatic N) is 4. The molecule has 0 saturated heterocycles. The Morgan fingerprint density at radius 1 is 0.750 bits per heavy atom. The van der Waals surface area contributed by atoms with Gasteiger partial charge in [-0.25, -0.2) is 0 Å². The van der Waals surface area contributed by atoms with Crippen LogP contribution in [0.4, 0.5) is 22.7 Å². The van der Waals surface area contributed by atoms with Crippen LogP contribution in [-0.4, -0.2) is 38.9 Å². The van der Waals surface area contributed by atoms with Gasteiger partial charge in [0.05, 0.1) is 39.4 Å². The molecule has 4 aromatic carbocycles. The van der Waals surface area contributed by atoms with E-state index in [-0.39, 0.29) is 12.4 Å². The lowest BCUT2D eigenvalue weighted by molar-refractivity contribution is -0.393. The molecule has 0 fully saturated rings. The maximum Gasteiger partial charge on any atom is 0.301 e. The Labute approximate surface area is 226 Å². The molecule has 5 rings (SSSR count). The van der Waals surface area contributed by atoms with Gasteiger partial charge in [0.25, 0.3) is 17.5 Å². The number of imide groups is 1. The van der Waals surface area contributed by atoms with Crippen LogP contribution in [0.3, 0.4) is 0 Å². The third-order valence-electron chi connectivity index (χ3n) is 6.21. The fraction of sp³-hybridized carbons (Fsp3) is 0.0357. The van der Waals surface area contributed by atoms with Crippen molar-refractivity contribution in [1.82, 2.24) is 4.90 Å². The molecule has 2 N–H and O–H groups in total. The standard InChI is InChI=1S/C28H20N6O6/c35-27-20-10-4-5-11-21(20)28(36)32(27)17-29-23-13-7-6-12-22(23)26(18-8-2-1-3-9-18)31-30-24-15-14-19(33(37)38)16-25(24)34(39)40/h1-16,29-30H,17H2/b31-26-. The molecule has 1 aliphatic heterocycles. The molecule has 1 aliphatic rings. The van der Waals surface area contributed by atoms with Crippen molar-refractivity contribution in [3.05, 3.63) is 140 Å². The van der Waals surface area contributed by atoms with E-state index in [1.165, 1.54) is 6.07 Å². The molecule has 0 radical (unpaired) electrons. The van der Waals surface area contributed by atoms with E-state index in [1.807, 2.05) is 6.07 Å². The van der Waals surface area contributed by atoms with Gasteiger partial charge in [-0.2, -0.15) is 5.10 Å². The van der Waals surface area contributed by atoms with Crippen molar-refractivity contribution in [1.29, 1.82) is 0 Å². The van der Waals surface area contributed by atoms with Crippen molar-refractivity contribution in [2.45, 2.75) is 0 Å². The van der Waals surface area contributed by atoms with Gasteiger partial charge in [-0.3, -0.25) is 40.1 Å². The molecular formula is C28H20N6O6. The second-order valence-electron chi connectivity index (χ2n) is 8.62. The predicted molar refractivity (Wildman–Crippen MR) is 147 cm³/mol. The van der Waals surface area contributed by atoms with Crippen LogP contribution in [0.25, 0.3) is 0 Å². The Morgan fingerprint density at radius 3 is 2.02 bits per heavy atom. The van der Waals surface area contributed by atoms with Crippen LogP contribution in [0, 0.1) is 20.2 Å². The summed E-state index contributed by atoms with van der Waals surface area (Å²) in [5.74, 6) is -0.815. The zero-order valence-corrected chi connectivity index (χ0v) is 20.7. The lowest BCUT2D eigenvalue weighted by Crippen LogP contribution is -2.34. The van der Waals surface area contributed by atoms with Gasteiger partial charge in [0.2, 0.25) is 0 Å². The maximum absolute atomic E-state index is 12.8. The van der Waals surface area contributed by atoms with E-state index in [9.17, 15) is 29.8 Å². The number of fused-ring (bicyclic) bond motifs is 1. The first kappa shape index (κ1) is 25.7. The fourth-order valence-corrected chi connectivity index (χ4v) is 4.26. The van der Waals surface area contributed by atoms with Gasteiger partial charge >= 0.3 is 5.69 Å². The van der Waals surface area contributed by atoms with Crippen LogP contribution in [0.2, 0.25) is 0 Å². The minimum absolute atomic E-state index is 0.0412. The predicted octanol–water partition coefficient (Wildman–Crippen LogP) is 5.03. The summed E-state index contributed by atoms with van der Waals surface area (Å²) in [6.07, 6.45) is 0. The van der Waals surface area contributed by atoms with Crippen LogP contribution in [-0.2, 0) is 0 Å². The third-order valence-corrected chi connectivity index (χ3v) is 6.21. The number of para-hydroxylation sites is 1. The summed E-state index contributed by atoms with van der Waals surface area (Å²) in [6.45, 7) is -0.104. The van der Waals surface area contributed by atoms with Crippen molar-refractivity contribution in [3.63, 3.8) is 0 Å². The molecule has 0 aromatic heterocycles. The first-order valence-corrected chi connectivity index (χ1v) is 12.0. The van der Waals surface area contributed by atoms with Crippen LogP contribution in [0.1, 0.15) is 31.8 Å². The second kappa shape index (κ2) is 10.8. The molecule has 0 atom stereocenters. The van der Waals surface area contributed by atoms with Crippen LogP contribution in [0.15, 0.2) is 102 Å². The van der Waals surface area contributed by atoms with Crippen molar-refractivity contribution in [3.8, 4) is 0 Å². The average molecular weight is 537 g/mol. The Hall–Kier alpha value is -5.91. The number of benzene rings is 4. The van der Waals surface area contributed by atoms with Crippen molar-refractivity contribution in [2.75, 3.05) is 17.4 Å². The third kappa shape index (κ3) is 4.96. The van der Waals surface area contributed by atoms with Gasteiger partial charge < -0.3 is 5.32 Å². The van der Waals surface area contributed by atoms with E-state index in [1.54, 1.807) is 72.8 Å². The Kier molecular flexibility index (Phi) is 6.97. The Balaban J connectivity index is 1.48. The molecular weight excluding hydrogens is 516 g/mol. The zero-order chi connectivity index (χ0) is 28.2. The number of hydrazone groups is 1. The lowest BCUT2D eigenvalue weighted by atomic mass is 10.0. The molecule has 12 nitrogen and oxygen atoms in total. The van der Waals surface area contributed by atoms with Crippen molar-refractivity contribution >= 4 is 40.3 Å². The van der Waals surface area contributed by atoms with Gasteiger partial charge in [-0.15, -0.1) is 0 Å². The summed E-state index contributed by atoms with van der Waals surface area (Å²) in [4.78, 5) is 48.0. The SMILES string of the molecule is O=C1c2ccccc2C(=O)N1CNc1ccccc1/C(=N\Nc1ccc([N+](=O)[O-])cc1[N+](=O)[O-])c1ccccc1. The highest BCUT2D eigenvalue weighted by atomic mass is 16.6. The molecule has 0 bridgehead atoms. The number of anilines is 2. The first-order chi connectivity index (χ1) is 19.3. The minimum atomic E-state index is -0.732. The van der Waals surface area contributed by atoms with Gasteiger partial charge in [-0.05, 0) is 24.3 Å². The summed E-state index contributed by atoms with van der Waals surface area (Å²) in [5.41, 5.74) is 4.55. The summed E-state index contributed by atoms with van der Waals surface area (Å²) >= 11 is 0. The van der Waals surface area contributed by atoms with Gasteiger partial charge in [0.1, 0.15) is 5.69 Å². The summed E-state index contributed by atoms with van der Waals surface area (Å²) in [6, 6.07) is 25.9. The maximum atomic E-state index is 12.8.